The Bertz CT molecular complexity index is 869. The number of nitrogen functional groups attached to an aromatic ring is 1. The Balaban J connectivity index is 1.72. The molecule has 0 unspecified atom stereocenters. The predicted octanol–water partition coefficient (Wildman–Crippen LogP) is 4.43. The van der Waals surface area contributed by atoms with E-state index in [4.69, 9.17) is 10.5 Å². The number of anilines is 1. The van der Waals surface area contributed by atoms with Gasteiger partial charge in [0, 0.05) is 17.1 Å². The van der Waals surface area contributed by atoms with Crippen molar-refractivity contribution in [3.05, 3.63) is 57.3 Å². The average Bonchev–Trinajstić information content (AvgIpc) is 2.79. The van der Waals surface area contributed by atoms with Crippen LogP contribution in [0.15, 0.2) is 34.8 Å². The van der Waals surface area contributed by atoms with Crippen molar-refractivity contribution in [1.29, 1.82) is 0 Å². The number of carbonyl (C=O) groups is 1. The summed E-state index contributed by atoms with van der Waals surface area (Å²) in [4.78, 5) is 19.4. The van der Waals surface area contributed by atoms with E-state index in [1.807, 2.05) is 6.07 Å². The van der Waals surface area contributed by atoms with Crippen LogP contribution in [-0.2, 0) is 24.5 Å². The number of pyridine rings is 1. The molecule has 0 atom stereocenters. The molecule has 6 nitrogen and oxygen atoms in total. The van der Waals surface area contributed by atoms with Gasteiger partial charge in [-0.15, -0.1) is 0 Å². The first-order valence-electron chi connectivity index (χ1n) is 10.6. The van der Waals surface area contributed by atoms with Crippen LogP contribution in [0.5, 0.6) is 0 Å². The number of hydrogen-bond acceptors (Lipinski definition) is 6. The SMILES string of the molecule is CCN(Cc1cc(C(=O)OCc2cccc(CO)n2)cc(Br)c1N)C1CCCCC1. The number of aliphatic hydroxyl groups excluding tert-OH is 1. The molecular weight excluding hydrogens is 446 g/mol. The molecule has 162 valence electrons. The van der Waals surface area contributed by atoms with Gasteiger partial charge in [0.25, 0.3) is 0 Å². The molecule has 7 heteroatoms. The maximum absolute atomic E-state index is 12.7. The number of ether oxygens (including phenoxy) is 1. The Labute approximate surface area is 186 Å². The van der Waals surface area contributed by atoms with Gasteiger partial charge in [-0.1, -0.05) is 32.3 Å². The Morgan fingerprint density at radius 1 is 1.27 bits per heavy atom. The van der Waals surface area contributed by atoms with Gasteiger partial charge in [-0.2, -0.15) is 0 Å². The molecule has 0 spiro atoms. The maximum Gasteiger partial charge on any atom is 0.338 e. The van der Waals surface area contributed by atoms with Crippen LogP contribution in [0.1, 0.15) is 66.3 Å². The van der Waals surface area contributed by atoms with Crippen molar-refractivity contribution >= 4 is 27.6 Å². The first-order valence-corrected chi connectivity index (χ1v) is 11.4. The third-order valence-electron chi connectivity index (χ3n) is 5.70. The number of halogens is 1. The van der Waals surface area contributed by atoms with Crippen LogP contribution in [0, 0.1) is 0 Å². The van der Waals surface area contributed by atoms with Crippen molar-refractivity contribution in [2.75, 3.05) is 12.3 Å². The number of hydrogen-bond donors (Lipinski definition) is 2. The van der Waals surface area contributed by atoms with Gasteiger partial charge in [-0.3, -0.25) is 9.88 Å². The molecule has 0 bridgehead atoms. The first-order chi connectivity index (χ1) is 14.5. The summed E-state index contributed by atoms with van der Waals surface area (Å²) in [5, 5.41) is 9.20. The Morgan fingerprint density at radius 3 is 2.70 bits per heavy atom. The summed E-state index contributed by atoms with van der Waals surface area (Å²) in [6, 6.07) is 9.38. The normalized spacial score (nSPS) is 14.8. The third-order valence-corrected chi connectivity index (χ3v) is 6.36. The van der Waals surface area contributed by atoms with Gasteiger partial charge in [0.1, 0.15) is 6.61 Å². The van der Waals surface area contributed by atoms with E-state index in [-0.39, 0.29) is 13.2 Å². The van der Waals surface area contributed by atoms with Crippen molar-refractivity contribution < 1.29 is 14.6 Å². The summed E-state index contributed by atoms with van der Waals surface area (Å²) in [7, 11) is 0. The molecule has 0 radical (unpaired) electrons. The number of rotatable bonds is 8. The molecule has 1 saturated carbocycles. The van der Waals surface area contributed by atoms with Crippen molar-refractivity contribution in [1.82, 2.24) is 9.88 Å². The van der Waals surface area contributed by atoms with E-state index in [2.05, 4.69) is 32.7 Å². The summed E-state index contributed by atoms with van der Waals surface area (Å²) in [6.07, 6.45) is 6.31. The van der Waals surface area contributed by atoms with Crippen LogP contribution in [0.4, 0.5) is 5.69 Å². The Kier molecular flexibility index (Phi) is 8.24. The largest absolute Gasteiger partial charge is 0.456 e. The predicted molar refractivity (Wildman–Crippen MR) is 121 cm³/mol. The lowest BCUT2D eigenvalue weighted by atomic mass is 9.93. The van der Waals surface area contributed by atoms with Crippen molar-refractivity contribution in [3.63, 3.8) is 0 Å². The summed E-state index contributed by atoms with van der Waals surface area (Å²) >= 11 is 3.50. The van der Waals surface area contributed by atoms with Gasteiger partial charge in [0.15, 0.2) is 0 Å². The zero-order valence-corrected chi connectivity index (χ0v) is 19.0. The fraction of sp³-hybridized carbons (Fsp3) is 0.478. The Morgan fingerprint density at radius 2 is 2.00 bits per heavy atom. The molecule has 30 heavy (non-hydrogen) atoms. The van der Waals surface area contributed by atoms with E-state index in [9.17, 15) is 9.90 Å². The van der Waals surface area contributed by atoms with Crippen molar-refractivity contribution in [3.8, 4) is 0 Å². The van der Waals surface area contributed by atoms with E-state index in [1.54, 1.807) is 24.3 Å². The van der Waals surface area contributed by atoms with Crippen LogP contribution < -0.4 is 5.73 Å². The fourth-order valence-electron chi connectivity index (χ4n) is 4.01. The molecule has 1 aliphatic carbocycles. The summed E-state index contributed by atoms with van der Waals surface area (Å²) in [5.41, 5.74) is 9.52. The molecule has 2 aromatic rings. The van der Waals surface area contributed by atoms with Gasteiger partial charge >= 0.3 is 5.97 Å². The monoisotopic (exact) mass is 475 g/mol. The van der Waals surface area contributed by atoms with Crippen LogP contribution in [0.3, 0.4) is 0 Å². The minimum Gasteiger partial charge on any atom is -0.456 e. The number of carbonyl (C=O) groups excluding carboxylic acids is 1. The lowest BCUT2D eigenvalue weighted by Gasteiger charge is -2.34. The van der Waals surface area contributed by atoms with Crippen LogP contribution in [-0.4, -0.2) is 33.5 Å². The second kappa shape index (κ2) is 10.9. The molecule has 0 amide bonds. The number of aromatic nitrogens is 1. The number of esters is 1. The van der Waals surface area contributed by atoms with E-state index in [1.165, 1.54) is 32.1 Å². The van der Waals surface area contributed by atoms with Gasteiger partial charge < -0.3 is 15.6 Å². The van der Waals surface area contributed by atoms with Gasteiger partial charge in [0.2, 0.25) is 0 Å². The maximum atomic E-state index is 12.7. The van der Waals surface area contributed by atoms with Crippen LogP contribution in [0.25, 0.3) is 0 Å². The summed E-state index contributed by atoms with van der Waals surface area (Å²) < 4.78 is 6.15. The first kappa shape index (κ1) is 22.7. The van der Waals surface area contributed by atoms with Crippen LogP contribution >= 0.6 is 15.9 Å². The highest BCUT2D eigenvalue weighted by Gasteiger charge is 2.22. The molecule has 1 aliphatic rings. The molecule has 1 aromatic heterocycles. The smallest absolute Gasteiger partial charge is 0.338 e. The standard InChI is InChI=1S/C23H30BrN3O3/c1-2-27(20-9-4-3-5-10-20)13-17-11-16(12-21(24)22(17)25)23(29)30-15-19-8-6-7-18(14-28)26-19/h6-8,11-12,20,28H,2-5,9-10,13-15,25H2,1H3. The van der Waals surface area contributed by atoms with Gasteiger partial charge in [0.05, 0.1) is 29.2 Å². The topological polar surface area (TPSA) is 88.7 Å². The molecule has 3 N–H and O–H groups in total. The van der Waals surface area contributed by atoms with E-state index >= 15 is 0 Å². The molecule has 0 aliphatic heterocycles. The Hall–Kier alpha value is -1.96. The summed E-state index contributed by atoms with van der Waals surface area (Å²) in [6.45, 7) is 3.74. The second-order valence-corrected chi connectivity index (χ2v) is 8.59. The number of aliphatic hydroxyl groups is 1. The molecule has 0 saturated heterocycles. The average molecular weight is 476 g/mol. The number of benzene rings is 1. The fourth-order valence-corrected chi connectivity index (χ4v) is 4.51. The zero-order valence-electron chi connectivity index (χ0n) is 17.4. The highest BCUT2D eigenvalue weighted by atomic mass is 79.9. The van der Waals surface area contributed by atoms with Gasteiger partial charge in [-0.25, -0.2) is 4.79 Å². The zero-order chi connectivity index (χ0) is 21.5. The van der Waals surface area contributed by atoms with Gasteiger partial charge in [-0.05, 0) is 65.1 Å². The highest BCUT2D eigenvalue weighted by Crippen LogP contribution is 2.30. The minimum absolute atomic E-state index is 0.0488. The molecule has 1 aromatic carbocycles. The minimum atomic E-state index is -0.422. The lowest BCUT2D eigenvalue weighted by molar-refractivity contribution is 0.0467. The van der Waals surface area contributed by atoms with Crippen molar-refractivity contribution in [2.45, 2.75) is 64.8 Å². The molecule has 1 heterocycles. The van der Waals surface area contributed by atoms with E-state index < -0.39 is 5.97 Å². The molecule has 1 fully saturated rings. The van der Waals surface area contributed by atoms with Crippen LogP contribution in [0.2, 0.25) is 0 Å². The highest BCUT2D eigenvalue weighted by molar-refractivity contribution is 9.10. The quantitative estimate of drug-likeness (QED) is 0.433. The number of nitrogens with zero attached hydrogens (tertiary/aromatic N) is 2. The molecular formula is C23H30BrN3O3. The van der Waals surface area contributed by atoms with Crippen molar-refractivity contribution in [2.24, 2.45) is 0 Å². The lowest BCUT2D eigenvalue weighted by Crippen LogP contribution is -2.36. The third kappa shape index (κ3) is 5.80. The van der Waals surface area contributed by atoms with E-state index in [0.717, 1.165) is 12.1 Å². The number of nitrogens with two attached hydrogens (primary N) is 1. The summed E-state index contributed by atoms with van der Waals surface area (Å²) in [5.74, 6) is -0.422. The molecule has 3 rings (SSSR count). The second-order valence-electron chi connectivity index (χ2n) is 7.74. The van der Waals surface area contributed by atoms with E-state index in [0.29, 0.717) is 39.7 Å².